The first-order valence-electron chi connectivity index (χ1n) is 14.4. The van der Waals surface area contributed by atoms with Gasteiger partial charge in [-0.2, -0.15) is 0 Å². The van der Waals surface area contributed by atoms with Crippen LogP contribution in [0.15, 0.2) is 78.9 Å². The number of hydrogen-bond acceptors (Lipinski definition) is 4. The fourth-order valence-electron chi connectivity index (χ4n) is 4.73. The Morgan fingerprint density at radius 1 is 0.881 bits per heavy atom. The topological polar surface area (TPSA) is 86.8 Å². The van der Waals surface area contributed by atoms with E-state index in [9.17, 15) is 18.0 Å². The largest absolute Gasteiger partial charge is 0.354 e. The van der Waals surface area contributed by atoms with Gasteiger partial charge in [-0.15, -0.1) is 0 Å². The van der Waals surface area contributed by atoms with E-state index >= 15 is 0 Å². The van der Waals surface area contributed by atoms with Crippen LogP contribution in [0.5, 0.6) is 0 Å². The Bertz CT molecular complexity index is 1450. The van der Waals surface area contributed by atoms with E-state index in [2.05, 4.69) is 26.1 Å². The molecule has 0 radical (unpaired) electrons. The monoisotopic (exact) mass is 591 g/mol. The average Bonchev–Trinajstić information content (AvgIpc) is 2.91. The van der Waals surface area contributed by atoms with E-state index in [1.165, 1.54) is 4.90 Å². The van der Waals surface area contributed by atoms with Gasteiger partial charge in [0.2, 0.25) is 21.8 Å². The first-order valence-corrected chi connectivity index (χ1v) is 16.2. The van der Waals surface area contributed by atoms with Crippen molar-refractivity contribution >= 4 is 27.5 Å². The molecular formula is C34H45N3O4S. The van der Waals surface area contributed by atoms with Crippen molar-refractivity contribution in [1.82, 2.24) is 10.2 Å². The average molecular weight is 592 g/mol. The Labute approximate surface area is 252 Å². The highest BCUT2D eigenvalue weighted by Gasteiger charge is 2.33. The molecule has 42 heavy (non-hydrogen) atoms. The molecule has 3 aromatic carbocycles. The predicted molar refractivity (Wildman–Crippen MR) is 171 cm³/mol. The Balaban J connectivity index is 2.04. The zero-order valence-electron chi connectivity index (χ0n) is 25.9. The molecule has 3 aromatic rings. The maximum atomic E-state index is 14.2. The summed E-state index contributed by atoms with van der Waals surface area (Å²) in [7, 11) is -3.82. The molecule has 0 aliphatic carbocycles. The highest BCUT2D eigenvalue weighted by Crippen LogP contribution is 2.26. The summed E-state index contributed by atoms with van der Waals surface area (Å²) in [5, 5.41) is 3.01. The van der Waals surface area contributed by atoms with Gasteiger partial charge in [0.1, 0.15) is 12.6 Å². The third kappa shape index (κ3) is 9.44. The van der Waals surface area contributed by atoms with E-state index in [1.54, 1.807) is 12.1 Å². The first kappa shape index (κ1) is 32.9. The number of rotatable bonds is 12. The van der Waals surface area contributed by atoms with Crippen molar-refractivity contribution in [2.75, 3.05) is 23.7 Å². The van der Waals surface area contributed by atoms with Gasteiger partial charge in [0.05, 0.1) is 11.9 Å². The lowest BCUT2D eigenvalue weighted by molar-refractivity contribution is -0.140. The van der Waals surface area contributed by atoms with Crippen molar-refractivity contribution in [3.8, 4) is 0 Å². The standard InChI is InChI=1S/C34H45N3O4S/c1-25(2)22-35-33(39)31(21-27-13-9-8-10-14-27)36(23-28-15-11-12-26(3)20-28)32(38)24-37(42(7,40)41)30-18-16-29(17-19-30)34(4,5)6/h8-20,25,31H,21-24H2,1-7H3,(H,35,39)/t31-/m0/s1. The minimum atomic E-state index is -3.82. The van der Waals surface area contributed by atoms with Crippen LogP contribution in [-0.2, 0) is 38.0 Å². The molecule has 2 amide bonds. The van der Waals surface area contributed by atoms with Crippen molar-refractivity contribution in [2.24, 2.45) is 5.92 Å². The summed E-state index contributed by atoms with van der Waals surface area (Å²) < 4.78 is 27.2. The molecule has 8 heteroatoms. The lowest BCUT2D eigenvalue weighted by Crippen LogP contribution is -2.53. The zero-order valence-corrected chi connectivity index (χ0v) is 26.7. The lowest BCUT2D eigenvalue weighted by atomic mass is 9.87. The van der Waals surface area contributed by atoms with E-state index in [0.717, 1.165) is 32.8 Å². The molecule has 0 heterocycles. The molecule has 0 spiro atoms. The fourth-order valence-corrected chi connectivity index (χ4v) is 5.57. The molecular weight excluding hydrogens is 546 g/mol. The minimum Gasteiger partial charge on any atom is -0.354 e. The van der Waals surface area contributed by atoms with Gasteiger partial charge in [0.25, 0.3) is 0 Å². The summed E-state index contributed by atoms with van der Waals surface area (Å²) in [4.78, 5) is 29.4. The van der Waals surface area contributed by atoms with Crippen molar-refractivity contribution in [2.45, 2.75) is 66.0 Å². The molecule has 7 nitrogen and oxygen atoms in total. The van der Waals surface area contributed by atoms with Crippen LogP contribution in [0.1, 0.15) is 56.9 Å². The van der Waals surface area contributed by atoms with Gasteiger partial charge in [-0.05, 0) is 47.1 Å². The molecule has 0 unspecified atom stereocenters. The number of benzene rings is 3. The predicted octanol–water partition coefficient (Wildman–Crippen LogP) is 5.47. The maximum Gasteiger partial charge on any atom is 0.244 e. The zero-order chi connectivity index (χ0) is 31.1. The fraction of sp³-hybridized carbons (Fsp3) is 0.412. The molecule has 3 rings (SSSR count). The molecule has 0 bridgehead atoms. The van der Waals surface area contributed by atoms with Gasteiger partial charge in [-0.25, -0.2) is 8.42 Å². The van der Waals surface area contributed by atoms with Crippen LogP contribution in [0.3, 0.4) is 0 Å². The van der Waals surface area contributed by atoms with Gasteiger partial charge in [0, 0.05) is 19.5 Å². The summed E-state index contributed by atoms with van der Waals surface area (Å²) in [5.41, 5.74) is 4.14. The van der Waals surface area contributed by atoms with E-state index in [1.807, 2.05) is 87.5 Å². The first-order chi connectivity index (χ1) is 19.6. The van der Waals surface area contributed by atoms with Gasteiger partial charge < -0.3 is 10.2 Å². The van der Waals surface area contributed by atoms with Crippen LogP contribution in [0.4, 0.5) is 5.69 Å². The van der Waals surface area contributed by atoms with Gasteiger partial charge in [-0.1, -0.05) is 107 Å². The highest BCUT2D eigenvalue weighted by atomic mass is 32.2. The molecule has 0 aliphatic heterocycles. The van der Waals surface area contributed by atoms with E-state index < -0.39 is 28.5 Å². The number of nitrogens with one attached hydrogen (secondary N) is 1. The summed E-state index contributed by atoms with van der Waals surface area (Å²) in [6, 6.07) is 23.7. The van der Waals surface area contributed by atoms with Gasteiger partial charge in [0.15, 0.2) is 0 Å². The molecule has 0 fully saturated rings. The summed E-state index contributed by atoms with van der Waals surface area (Å²) >= 11 is 0. The number of sulfonamides is 1. The number of aryl methyl sites for hydroxylation is 1. The minimum absolute atomic E-state index is 0.108. The molecule has 226 valence electrons. The second-order valence-corrected chi connectivity index (χ2v) is 14.3. The Morgan fingerprint density at radius 3 is 2.05 bits per heavy atom. The number of nitrogens with zero attached hydrogens (tertiary/aromatic N) is 2. The second kappa shape index (κ2) is 14.0. The van der Waals surface area contributed by atoms with Crippen LogP contribution < -0.4 is 9.62 Å². The van der Waals surface area contributed by atoms with Crippen LogP contribution in [-0.4, -0.2) is 50.5 Å². The van der Waals surface area contributed by atoms with E-state index in [-0.39, 0.29) is 23.8 Å². The number of carbonyl (C=O) groups is 2. The second-order valence-electron chi connectivity index (χ2n) is 12.4. The summed E-state index contributed by atoms with van der Waals surface area (Å²) in [5.74, 6) is -0.500. The van der Waals surface area contributed by atoms with Gasteiger partial charge >= 0.3 is 0 Å². The highest BCUT2D eigenvalue weighted by molar-refractivity contribution is 7.92. The maximum absolute atomic E-state index is 14.2. The van der Waals surface area contributed by atoms with Crippen LogP contribution >= 0.6 is 0 Å². The summed E-state index contributed by atoms with van der Waals surface area (Å²) in [6.07, 6.45) is 1.39. The molecule has 1 atom stereocenters. The Morgan fingerprint density at radius 2 is 1.50 bits per heavy atom. The molecule has 0 aromatic heterocycles. The summed E-state index contributed by atoms with van der Waals surface area (Å²) in [6.45, 7) is 12.4. The van der Waals surface area contributed by atoms with Crippen molar-refractivity contribution < 1.29 is 18.0 Å². The SMILES string of the molecule is Cc1cccc(CN(C(=O)CN(c2ccc(C(C)(C)C)cc2)S(C)(=O)=O)[C@@H](Cc2ccccc2)C(=O)NCC(C)C)c1. The molecule has 0 saturated carbocycles. The van der Waals surface area contributed by atoms with E-state index in [0.29, 0.717) is 18.7 Å². The molecule has 1 N–H and O–H groups in total. The van der Waals surface area contributed by atoms with Crippen LogP contribution in [0, 0.1) is 12.8 Å². The van der Waals surface area contributed by atoms with Gasteiger partial charge in [-0.3, -0.25) is 13.9 Å². The lowest BCUT2D eigenvalue weighted by Gasteiger charge is -2.34. The third-order valence-corrected chi connectivity index (χ3v) is 8.23. The third-order valence-electron chi connectivity index (χ3n) is 7.09. The smallest absolute Gasteiger partial charge is 0.244 e. The normalized spacial score (nSPS) is 12.6. The molecule has 0 saturated heterocycles. The number of amides is 2. The van der Waals surface area contributed by atoms with E-state index in [4.69, 9.17) is 0 Å². The van der Waals surface area contributed by atoms with Crippen LogP contribution in [0.25, 0.3) is 0 Å². The van der Waals surface area contributed by atoms with Crippen molar-refractivity contribution in [1.29, 1.82) is 0 Å². The Hall–Kier alpha value is -3.65. The quantitative estimate of drug-likeness (QED) is 0.303. The van der Waals surface area contributed by atoms with Crippen molar-refractivity contribution in [3.63, 3.8) is 0 Å². The number of anilines is 1. The van der Waals surface area contributed by atoms with Crippen molar-refractivity contribution in [3.05, 3.63) is 101 Å². The molecule has 0 aliphatic rings. The number of hydrogen-bond donors (Lipinski definition) is 1. The Kier molecular flexibility index (Phi) is 11.0. The number of carbonyl (C=O) groups excluding carboxylic acids is 2. The van der Waals surface area contributed by atoms with Crippen LogP contribution in [0.2, 0.25) is 0 Å².